The van der Waals surface area contributed by atoms with Gasteiger partial charge in [0, 0.05) is 19.1 Å². The number of nitrogens with two attached hydrogens (primary N) is 1. The summed E-state index contributed by atoms with van der Waals surface area (Å²) in [5, 5.41) is 0. The number of carbonyl (C=O) groups is 1. The molecule has 2 atom stereocenters. The predicted octanol–water partition coefficient (Wildman–Crippen LogP) is 1.93. The fraction of sp³-hybridized carbons (Fsp3) is 0.500. The molecule has 1 amide bonds. The molecule has 0 saturated carbocycles. The van der Waals surface area contributed by atoms with Crippen molar-refractivity contribution in [3.63, 3.8) is 0 Å². The van der Waals surface area contributed by atoms with Crippen LogP contribution in [-0.4, -0.2) is 37.0 Å². The molecule has 1 saturated heterocycles. The number of para-hydroxylation sites is 1. The highest BCUT2D eigenvalue weighted by molar-refractivity contribution is 5.97. The summed E-state index contributed by atoms with van der Waals surface area (Å²) in [4.78, 5) is 14.3. The second kappa shape index (κ2) is 6.78. The lowest BCUT2D eigenvalue weighted by Gasteiger charge is -2.19. The maximum atomic E-state index is 12.4. The summed E-state index contributed by atoms with van der Waals surface area (Å²) in [6.45, 7) is 3.53. The van der Waals surface area contributed by atoms with E-state index in [1.54, 1.807) is 13.2 Å². The Hall–Kier alpha value is -1.26. The Labute approximate surface area is 120 Å². The standard InChI is InChI=1S/C14H20N2O2.ClH/c1-10(15)11-7-8-16(9-11)14(17)12-5-3-4-6-13(12)18-2;/h3-6,10-11H,7-9,15H2,1-2H3;1H. The lowest BCUT2D eigenvalue weighted by Crippen LogP contribution is -2.33. The average molecular weight is 285 g/mol. The third-order valence-corrected chi connectivity index (χ3v) is 3.59. The lowest BCUT2D eigenvalue weighted by molar-refractivity contribution is 0.0782. The van der Waals surface area contributed by atoms with Crippen molar-refractivity contribution in [1.29, 1.82) is 0 Å². The van der Waals surface area contributed by atoms with Crippen LogP contribution in [0.15, 0.2) is 24.3 Å². The third kappa shape index (κ3) is 3.39. The number of likely N-dealkylation sites (tertiary alicyclic amines) is 1. The Morgan fingerprint density at radius 2 is 2.16 bits per heavy atom. The third-order valence-electron chi connectivity index (χ3n) is 3.59. The van der Waals surface area contributed by atoms with Crippen molar-refractivity contribution in [2.45, 2.75) is 19.4 Å². The van der Waals surface area contributed by atoms with Crippen LogP contribution < -0.4 is 10.5 Å². The van der Waals surface area contributed by atoms with Crippen LogP contribution in [-0.2, 0) is 0 Å². The van der Waals surface area contributed by atoms with Crippen LogP contribution in [0, 0.1) is 5.92 Å². The summed E-state index contributed by atoms with van der Waals surface area (Å²) in [6.07, 6.45) is 0.985. The van der Waals surface area contributed by atoms with Gasteiger partial charge in [-0.2, -0.15) is 0 Å². The normalized spacial score (nSPS) is 19.7. The van der Waals surface area contributed by atoms with Crippen molar-refractivity contribution in [3.05, 3.63) is 29.8 Å². The number of methoxy groups -OCH3 is 1. The molecule has 1 aliphatic rings. The minimum Gasteiger partial charge on any atom is -0.496 e. The van der Waals surface area contributed by atoms with Crippen molar-refractivity contribution in [3.8, 4) is 5.75 Å². The van der Waals surface area contributed by atoms with E-state index in [-0.39, 0.29) is 24.4 Å². The van der Waals surface area contributed by atoms with Crippen LogP contribution in [0.4, 0.5) is 0 Å². The molecule has 0 radical (unpaired) electrons. The van der Waals surface area contributed by atoms with Crippen LogP contribution in [0.1, 0.15) is 23.7 Å². The zero-order valence-electron chi connectivity index (χ0n) is 11.3. The lowest BCUT2D eigenvalue weighted by atomic mass is 10.0. The quantitative estimate of drug-likeness (QED) is 0.923. The molecular weight excluding hydrogens is 264 g/mol. The predicted molar refractivity (Wildman–Crippen MR) is 77.9 cm³/mol. The van der Waals surface area contributed by atoms with E-state index in [0.717, 1.165) is 19.5 Å². The molecule has 0 aromatic heterocycles. The van der Waals surface area contributed by atoms with Gasteiger partial charge in [0.2, 0.25) is 0 Å². The number of benzene rings is 1. The fourth-order valence-electron chi connectivity index (χ4n) is 2.39. The number of ether oxygens (including phenoxy) is 1. The minimum absolute atomic E-state index is 0. The Balaban J connectivity index is 0.00000180. The molecule has 19 heavy (non-hydrogen) atoms. The Bertz CT molecular complexity index is 437. The molecule has 0 aliphatic carbocycles. The number of nitrogens with zero attached hydrogens (tertiary/aromatic N) is 1. The Morgan fingerprint density at radius 1 is 1.47 bits per heavy atom. The van der Waals surface area contributed by atoms with Gasteiger partial charge in [-0.3, -0.25) is 4.79 Å². The first kappa shape index (κ1) is 15.8. The van der Waals surface area contributed by atoms with Crippen LogP contribution >= 0.6 is 12.4 Å². The maximum absolute atomic E-state index is 12.4. The van der Waals surface area contributed by atoms with E-state index in [0.29, 0.717) is 17.2 Å². The number of rotatable bonds is 3. The molecule has 1 aliphatic heterocycles. The van der Waals surface area contributed by atoms with Crippen LogP contribution in [0.2, 0.25) is 0 Å². The van der Waals surface area contributed by atoms with E-state index in [4.69, 9.17) is 10.5 Å². The second-order valence-corrected chi connectivity index (χ2v) is 4.86. The molecule has 1 aromatic rings. The Kier molecular flexibility index (Phi) is 5.63. The number of hydrogen-bond donors (Lipinski definition) is 1. The SMILES string of the molecule is COc1ccccc1C(=O)N1CCC(C(C)N)C1.Cl. The fourth-order valence-corrected chi connectivity index (χ4v) is 2.39. The van der Waals surface area contributed by atoms with Gasteiger partial charge in [0.05, 0.1) is 12.7 Å². The summed E-state index contributed by atoms with van der Waals surface area (Å²) >= 11 is 0. The van der Waals surface area contributed by atoms with Gasteiger partial charge < -0.3 is 15.4 Å². The highest BCUT2D eigenvalue weighted by atomic mass is 35.5. The molecule has 1 fully saturated rings. The van der Waals surface area contributed by atoms with Gasteiger partial charge in [0.25, 0.3) is 5.91 Å². The average Bonchev–Trinajstić information content (AvgIpc) is 2.87. The molecule has 2 N–H and O–H groups in total. The van der Waals surface area contributed by atoms with Gasteiger partial charge in [0.15, 0.2) is 0 Å². The van der Waals surface area contributed by atoms with Crippen LogP contribution in [0.25, 0.3) is 0 Å². The van der Waals surface area contributed by atoms with Crippen LogP contribution in [0.5, 0.6) is 5.75 Å². The first-order valence-corrected chi connectivity index (χ1v) is 6.31. The molecule has 2 rings (SSSR count). The number of carbonyl (C=O) groups excluding carboxylic acids is 1. The molecule has 5 heteroatoms. The topological polar surface area (TPSA) is 55.6 Å². The van der Waals surface area contributed by atoms with E-state index < -0.39 is 0 Å². The van der Waals surface area contributed by atoms with E-state index in [1.807, 2.05) is 30.0 Å². The van der Waals surface area contributed by atoms with E-state index in [1.165, 1.54) is 0 Å². The first-order valence-electron chi connectivity index (χ1n) is 6.31. The van der Waals surface area contributed by atoms with Crippen LogP contribution in [0.3, 0.4) is 0 Å². The van der Waals surface area contributed by atoms with Gasteiger partial charge in [-0.1, -0.05) is 12.1 Å². The molecule has 4 nitrogen and oxygen atoms in total. The van der Waals surface area contributed by atoms with Gasteiger partial charge >= 0.3 is 0 Å². The molecule has 2 unspecified atom stereocenters. The van der Waals surface area contributed by atoms with E-state index >= 15 is 0 Å². The summed E-state index contributed by atoms with van der Waals surface area (Å²) < 4.78 is 5.23. The zero-order chi connectivity index (χ0) is 13.1. The van der Waals surface area contributed by atoms with E-state index in [9.17, 15) is 4.79 Å². The summed E-state index contributed by atoms with van der Waals surface area (Å²) in [5.74, 6) is 1.08. The number of halogens is 1. The van der Waals surface area contributed by atoms with Crippen molar-refractivity contribution < 1.29 is 9.53 Å². The summed E-state index contributed by atoms with van der Waals surface area (Å²) in [5.41, 5.74) is 6.52. The minimum atomic E-state index is 0. The molecule has 0 bridgehead atoms. The Morgan fingerprint density at radius 3 is 2.74 bits per heavy atom. The molecular formula is C14H21ClN2O2. The van der Waals surface area contributed by atoms with E-state index in [2.05, 4.69) is 0 Å². The smallest absolute Gasteiger partial charge is 0.257 e. The summed E-state index contributed by atoms with van der Waals surface area (Å²) in [6, 6.07) is 7.48. The first-order chi connectivity index (χ1) is 8.63. The van der Waals surface area contributed by atoms with Gasteiger partial charge in [-0.05, 0) is 31.4 Å². The molecule has 1 aromatic carbocycles. The van der Waals surface area contributed by atoms with Gasteiger partial charge in [-0.25, -0.2) is 0 Å². The summed E-state index contributed by atoms with van der Waals surface area (Å²) in [7, 11) is 1.58. The molecule has 0 spiro atoms. The molecule has 1 heterocycles. The highest BCUT2D eigenvalue weighted by Gasteiger charge is 2.29. The van der Waals surface area contributed by atoms with Gasteiger partial charge in [0.1, 0.15) is 5.75 Å². The number of hydrogen-bond acceptors (Lipinski definition) is 3. The highest BCUT2D eigenvalue weighted by Crippen LogP contribution is 2.24. The molecule has 106 valence electrons. The zero-order valence-corrected chi connectivity index (χ0v) is 12.2. The van der Waals surface area contributed by atoms with Gasteiger partial charge in [-0.15, -0.1) is 12.4 Å². The largest absolute Gasteiger partial charge is 0.496 e. The van der Waals surface area contributed by atoms with Crippen molar-refractivity contribution >= 4 is 18.3 Å². The van der Waals surface area contributed by atoms with Crippen molar-refractivity contribution in [1.82, 2.24) is 4.90 Å². The second-order valence-electron chi connectivity index (χ2n) is 4.86. The van der Waals surface area contributed by atoms with Crippen molar-refractivity contribution in [2.24, 2.45) is 11.7 Å². The number of amides is 1. The monoisotopic (exact) mass is 284 g/mol. The van der Waals surface area contributed by atoms with Crippen molar-refractivity contribution in [2.75, 3.05) is 20.2 Å². The maximum Gasteiger partial charge on any atom is 0.257 e.